The molecule has 1 aromatic rings. The van der Waals surface area contributed by atoms with Crippen molar-refractivity contribution in [1.29, 1.82) is 0 Å². The lowest BCUT2D eigenvalue weighted by molar-refractivity contribution is 0.357. The van der Waals surface area contributed by atoms with Crippen LogP contribution in [0, 0.1) is 0 Å². The van der Waals surface area contributed by atoms with Gasteiger partial charge in [-0.25, -0.2) is 0 Å². The van der Waals surface area contributed by atoms with Gasteiger partial charge in [0.15, 0.2) is 0 Å². The number of anilines is 1. The summed E-state index contributed by atoms with van der Waals surface area (Å²) in [6, 6.07) is 0. The minimum absolute atomic E-state index is 0.218. The Morgan fingerprint density at radius 2 is 2.40 bits per heavy atom. The summed E-state index contributed by atoms with van der Waals surface area (Å²) in [5.41, 5.74) is 5.26. The molecule has 1 rings (SSSR count). The highest BCUT2D eigenvalue weighted by Gasteiger charge is 2.09. The monoisotopic (exact) mass is 141 g/mol. The molecule has 56 valence electrons. The largest absolute Gasteiger partial charge is 0.365 e. The quantitative estimate of drug-likeness (QED) is 0.671. The first-order valence-corrected chi connectivity index (χ1v) is 3.33. The SMILES string of the molecule is CCC(C)c1nc(N)no1. The van der Waals surface area contributed by atoms with Gasteiger partial charge in [-0.2, -0.15) is 4.98 Å². The van der Waals surface area contributed by atoms with Gasteiger partial charge in [-0.3, -0.25) is 0 Å². The number of nitrogens with two attached hydrogens (primary N) is 1. The average molecular weight is 141 g/mol. The van der Waals surface area contributed by atoms with Crippen molar-refractivity contribution in [2.24, 2.45) is 0 Å². The van der Waals surface area contributed by atoms with Gasteiger partial charge in [0.2, 0.25) is 5.89 Å². The fourth-order valence-electron chi connectivity index (χ4n) is 0.622. The lowest BCUT2D eigenvalue weighted by Gasteiger charge is -1.97. The smallest absolute Gasteiger partial charge is 0.260 e. The third kappa shape index (κ3) is 1.26. The number of hydrogen-bond acceptors (Lipinski definition) is 4. The summed E-state index contributed by atoms with van der Waals surface area (Å²) < 4.78 is 4.83. The molecule has 0 saturated heterocycles. The molecule has 4 nitrogen and oxygen atoms in total. The van der Waals surface area contributed by atoms with Crippen molar-refractivity contribution in [2.75, 3.05) is 5.73 Å². The number of aromatic nitrogens is 2. The topological polar surface area (TPSA) is 64.9 Å². The van der Waals surface area contributed by atoms with Crippen molar-refractivity contribution in [3.05, 3.63) is 5.89 Å². The average Bonchev–Trinajstić information content (AvgIpc) is 2.34. The molecule has 0 aromatic carbocycles. The van der Waals surface area contributed by atoms with Crippen molar-refractivity contribution in [3.8, 4) is 0 Å². The van der Waals surface area contributed by atoms with Crippen LogP contribution in [0.2, 0.25) is 0 Å². The minimum atomic E-state index is 0.218. The van der Waals surface area contributed by atoms with Crippen LogP contribution >= 0.6 is 0 Å². The highest BCUT2D eigenvalue weighted by Crippen LogP contribution is 2.15. The molecule has 0 spiro atoms. The van der Waals surface area contributed by atoms with E-state index in [1.165, 1.54) is 0 Å². The van der Waals surface area contributed by atoms with E-state index < -0.39 is 0 Å². The van der Waals surface area contributed by atoms with Gasteiger partial charge in [0.1, 0.15) is 0 Å². The highest BCUT2D eigenvalue weighted by atomic mass is 16.5. The molecule has 0 bridgehead atoms. The van der Waals surface area contributed by atoms with E-state index in [2.05, 4.69) is 17.1 Å². The molecule has 0 aliphatic carbocycles. The zero-order valence-electron chi connectivity index (χ0n) is 6.16. The molecule has 4 heteroatoms. The number of rotatable bonds is 2. The summed E-state index contributed by atoms with van der Waals surface area (Å²) in [6.07, 6.45) is 0.988. The third-order valence-corrected chi connectivity index (χ3v) is 1.49. The zero-order valence-corrected chi connectivity index (χ0v) is 6.16. The van der Waals surface area contributed by atoms with Crippen molar-refractivity contribution in [3.63, 3.8) is 0 Å². The normalized spacial score (nSPS) is 13.4. The maximum atomic E-state index is 5.26. The molecule has 1 atom stereocenters. The van der Waals surface area contributed by atoms with E-state index in [9.17, 15) is 0 Å². The Morgan fingerprint density at radius 3 is 2.80 bits per heavy atom. The molecule has 2 N–H and O–H groups in total. The molecule has 0 fully saturated rings. The Bertz CT molecular complexity index is 209. The van der Waals surface area contributed by atoms with Crippen molar-refractivity contribution >= 4 is 5.95 Å². The Kier molecular flexibility index (Phi) is 1.89. The number of hydrogen-bond donors (Lipinski definition) is 1. The predicted molar refractivity (Wildman–Crippen MR) is 37.4 cm³/mol. The maximum Gasteiger partial charge on any atom is 0.260 e. The Morgan fingerprint density at radius 1 is 1.70 bits per heavy atom. The lowest BCUT2D eigenvalue weighted by atomic mass is 10.1. The molecule has 1 aromatic heterocycles. The molecule has 0 radical (unpaired) electrons. The molecule has 1 heterocycles. The van der Waals surface area contributed by atoms with Crippen LogP contribution in [0.15, 0.2) is 4.52 Å². The van der Waals surface area contributed by atoms with Gasteiger partial charge in [-0.05, 0) is 11.6 Å². The fourth-order valence-corrected chi connectivity index (χ4v) is 0.622. The molecule has 0 saturated carbocycles. The molecule has 0 aliphatic rings. The summed E-state index contributed by atoms with van der Waals surface area (Å²) >= 11 is 0. The van der Waals surface area contributed by atoms with Crippen LogP contribution < -0.4 is 5.73 Å². The molecule has 0 amide bonds. The fraction of sp³-hybridized carbons (Fsp3) is 0.667. The Balaban J connectivity index is 2.74. The van der Waals surface area contributed by atoms with Crippen molar-refractivity contribution < 1.29 is 4.52 Å². The van der Waals surface area contributed by atoms with Gasteiger partial charge in [-0.15, -0.1) is 0 Å². The Hall–Kier alpha value is -1.06. The van der Waals surface area contributed by atoms with Crippen LogP contribution in [-0.4, -0.2) is 10.1 Å². The first-order chi connectivity index (χ1) is 4.74. The second-order valence-corrected chi connectivity index (χ2v) is 2.30. The number of nitrogens with zero attached hydrogens (tertiary/aromatic N) is 2. The summed E-state index contributed by atoms with van der Waals surface area (Å²) in [5.74, 6) is 1.15. The van der Waals surface area contributed by atoms with Crippen LogP contribution in [0.5, 0.6) is 0 Å². The second kappa shape index (κ2) is 2.68. The third-order valence-electron chi connectivity index (χ3n) is 1.49. The standard InChI is InChI=1S/C6H11N3O/c1-3-4(2)5-8-6(7)9-10-5/h4H,3H2,1-2H3,(H2,7,9). The zero-order chi connectivity index (χ0) is 7.56. The number of nitrogen functional groups attached to an aromatic ring is 1. The Labute approximate surface area is 59.4 Å². The molecular weight excluding hydrogens is 130 g/mol. The lowest BCUT2D eigenvalue weighted by Crippen LogP contribution is -1.92. The van der Waals surface area contributed by atoms with Gasteiger partial charge < -0.3 is 10.3 Å². The summed E-state index contributed by atoms with van der Waals surface area (Å²) in [6.45, 7) is 4.08. The van der Waals surface area contributed by atoms with E-state index in [4.69, 9.17) is 10.3 Å². The van der Waals surface area contributed by atoms with E-state index >= 15 is 0 Å². The van der Waals surface area contributed by atoms with E-state index in [-0.39, 0.29) is 5.95 Å². The molecule has 0 aliphatic heterocycles. The van der Waals surface area contributed by atoms with Crippen LogP contribution in [0.4, 0.5) is 5.95 Å². The first kappa shape index (κ1) is 7.05. The van der Waals surface area contributed by atoms with Crippen LogP contribution in [-0.2, 0) is 0 Å². The van der Waals surface area contributed by atoms with Gasteiger partial charge in [0.05, 0.1) is 0 Å². The van der Waals surface area contributed by atoms with Gasteiger partial charge in [0, 0.05) is 5.92 Å². The summed E-state index contributed by atoms with van der Waals surface area (Å²) in [5, 5.41) is 3.48. The van der Waals surface area contributed by atoms with Gasteiger partial charge in [-0.1, -0.05) is 13.8 Å². The first-order valence-electron chi connectivity index (χ1n) is 3.33. The van der Waals surface area contributed by atoms with E-state index in [0.717, 1.165) is 6.42 Å². The summed E-state index contributed by atoms with van der Waals surface area (Å²) in [7, 11) is 0. The van der Waals surface area contributed by atoms with E-state index in [0.29, 0.717) is 11.8 Å². The minimum Gasteiger partial charge on any atom is -0.365 e. The van der Waals surface area contributed by atoms with Crippen LogP contribution in [0.1, 0.15) is 32.1 Å². The van der Waals surface area contributed by atoms with E-state index in [1.807, 2.05) is 6.92 Å². The summed E-state index contributed by atoms with van der Waals surface area (Å²) in [4.78, 5) is 3.88. The molecular formula is C6H11N3O. The maximum absolute atomic E-state index is 5.26. The van der Waals surface area contributed by atoms with Crippen LogP contribution in [0.25, 0.3) is 0 Å². The predicted octanol–water partition coefficient (Wildman–Crippen LogP) is 1.17. The van der Waals surface area contributed by atoms with Gasteiger partial charge in [0.25, 0.3) is 5.95 Å². The van der Waals surface area contributed by atoms with Crippen molar-refractivity contribution in [1.82, 2.24) is 10.1 Å². The van der Waals surface area contributed by atoms with Crippen molar-refractivity contribution in [2.45, 2.75) is 26.2 Å². The van der Waals surface area contributed by atoms with Gasteiger partial charge >= 0.3 is 0 Å². The second-order valence-electron chi connectivity index (χ2n) is 2.30. The van der Waals surface area contributed by atoms with Crippen LogP contribution in [0.3, 0.4) is 0 Å². The van der Waals surface area contributed by atoms with E-state index in [1.54, 1.807) is 0 Å². The highest BCUT2D eigenvalue weighted by molar-refractivity contribution is 5.11. The molecule has 1 unspecified atom stereocenters. The molecule has 10 heavy (non-hydrogen) atoms.